The molecular formula is C15H20N2O4. The normalized spacial score (nSPS) is 18.3. The Kier molecular flexibility index (Phi) is 5.14. The number of carbonyl (C=O) groups is 1. The second-order valence-corrected chi connectivity index (χ2v) is 5.14. The number of rotatable bonds is 4. The molecule has 1 heterocycles. The number of para-hydroxylation sites is 1. The van der Waals surface area contributed by atoms with Crippen LogP contribution >= 0.6 is 0 Å². The zero-order valence-electron chi connectivity index (χ0n) is 12.2. The minimum Gasteiger partial charge on any atom is -0.449 e. The second-order valence-electron chi connectivity index (χ2n) is 5.14. The third-order valence-electron chi connectivity index (χ3n) is 3.66. The summed E-state index contributed by atoms with van der Waals surface area (Å²) in [5, 5.41) is 11.2. The van der Waals surface area contributed by atoms with Crippen molar-refractivity contribution in [2.45, 2.75) is 38.6 Å². The van der Waals surface area contributed by atoms with Crippen LogP contribution in [0.25, 0.3) is 0 Å². The zero-order valence-corrected chi connectivity index (χ0v) is 12.2. The van der Waals surface area contributed by atoms with E-state index in [2.05, 4.69) is 0 Å². The molecule has 1 unspecified atom stereocenters. The molecule has 1 aliphatic heterocycles. The van der Waals surface area contributed by atoms with E-state index in [-0.39, 0.29) is 22.7 Å². The molecule has 1 fully saturated rings. The largest absolute Gasteiger partial charge is 0.449 e. The summed E-state index contributed by atoms with van der Waals surface area (Å²) in [4.78, 5) is 24.6. The van der Waals surface area contributed by atoms with E-state index in [1.54, 1.807) is 23.1 Å². The first-order valence-corrected chi connectivity index (χ1v) is 7.32. The standard InChI is InChI=1S/C15H20N2O4/c1-2-11-21-15(18)16-10-6-5-8-13(16)12-7-3-4-9-14(12)17(19)20/h3-4,7,9,13H,2,5-6,8,10-11H2,1H3. The lowest BCUT2D eigenvalue weighted by Crippen LogP contribution is -2.39. The van der Waals surface area contributed by atoms with E-state index in [1.807, 2.05) is 6.92 Å². The van der Waals surface area contributed by atoms with Crippen LogP contribution in [0.5, 0.6) is 0 Å². The van der Waals surface area contributed by atoms with Gasteiger partial charge in [0.2, 0.25) is 0 Å². The van der Waals surface area contributed by atoms with Gasteiger partial charge in [-0.15, -0.1) is 0 Å². The van der Waals surface area contributed by atoms with Crippen LogP contribution in [0.3, 0.4) is 0 Å². The van der Waals surface area contributed by atoms with Crippen molar-refractivity contribution >= 4 is 11.8 Å². The Morgan fingerprint density at radius 1 is 1.43 bits per heavy atom. The zero-order chi connectivity index (χ0) is 15.2. The highest BCUT2D eigenvalue weighted by molar-refractivity contribution is 5.69. The fourth-order valence-corrected chi connectivity index (χ4v) is 2.68. The van der Waals surface area contributed by atoms with Gasteiger partial charge in [-0.1, -0.05) is 25.1 Å². The molecule has 0 saturated carbocycles. The molecule has 21 heavy (non-hydrogen) atoms. The number of nitro benzene ring substituents is 1. The van der Waals surface area contributed by atoms with Crippen molar-refractivity contribution in [3.05, 3.63) is 39.9 Å². The van der Waals surface area contributed by atoms with Crippen LogP contribution in [-0.2, 0) is 4.74 Å². The van der Waals surface area contributed by atoms with Crippen molar-refractivity contribution in [3.8, 4) is 0 Å². The first kappa shape index (κ1) is 15.3. The Labute approximate surface area is 123 Å². The fourth-order valence-electron chi connectivity index (χ4n) is 2.68. The van der Waals surface area contributed by atoms with Crippen molar-refractivity contribution in [2.24, 2.45) is 0 Å². The Bertz CT molecular complexity index is 518. The molecule has 6 heteroatoms. The van der Waals surface area contributed by atoms with E-state index in [0.717, 1.165) is 25.7 Å². The van der Waals surface area contributed by atoms with Gasteiger partial charge in [0.15, 0.2) is 0 Å². The third-order valence-corrected chi connectivity index (χ3v) is 3.66. The summed E-state index contributed by atoms with van der Waals surface area (Å²) in [6, 6.07) is 6.36. The summed E-state index contributed by atoms with van der Waals surface area (Å²) in [6.45, 7) is 2.89. The summed E-state index contributed by atoms with van der Waals surface area (Å²) >= 11 is 0. The van der Waals surface area contributed by atoms with Gasteiger partial charge >= 0.3 is 6.09 Å². The van der Waals surface area contributed by atoms with E-state index >= 15 is 0 Å². The number of ether oxygens (including phenoxy) is 1. The SMILES string of the molecule is CCCOC(=O)N1CCCCC1c1ccccc1[N+](=O)[O-]. The number of hydrogen-bond acceptors (Lipinski definition) is 4. The fraction of sp³-hybridized carbons (Fsp3) is 0.533. The van der Waals surface area contributed by atoms with Crippen LogP contribution in [0.15, 0.2) is 24.3 Å². The summed E-state index contributed by atoms with van der Waals surface area (Å²) in [5.41, 5.74) is 0.660. The number of nitrogens with zero attached hydrogens (tertiary/aromatic N) is 2. The predicted molar refractivity (Wildman–Crippen MR) is 78.0 cm³/mol. The van der Waals surface area contributed by atoms with Gasteiger partial charge in [0.1, 0.15) is 0 Å². The molecule has 1 aliphatic rings. The van der Waals surface area contributed by atoms with Crippen LogP contribution in [0.1, 0.15) is 44.2 Å². The van der Waals surface area contributed by atoms with Crippen molar-refractivity contribution in [1.29, 1.82) is 0 Å². The molecule has 1 atom stereocenters. The lowest BCUT2D eigenvalue weighted by molar-refractivity contribution is -0.386. The Hall–Kier alpha value is -2.11. The summed E-state index contributed by atoms with van der Waals surface area (Å²) in [6.07, 6.45) is 2.97. The maximum Gasteiger partial charge on any atom is 0.410 e. The van der Waals surface area contributed by atoms with Gasteiger partial charge in [-0.3, -0.25) is 10.1 Å². The highest BCUT2D eigenvalue weighted by atomic mass is 16.6. The highest BCUT2D eigenvalue weighted by Gasteiger charge is 2.32. The van der Waals surface area contributed by atoms with Crippen LogP contribution in [0.2, 0.25) is 0 Å². The lowest BCUT2D eigenvalue weighted by Gasteiger charge is -2.34. The van der Waals surface area contributed by atoms with Crippen molar-refractivity contribution < 1.29 is 14.5 Å². The molecule has 1 aromatic rings. The average molecular weight is 292 g/mol. The van der Waals surface area contributed by atoms with E-state index in [9.17, 15) is 14.9 Å². The number of nitro groups is 1. The van der Waals surface area contributed by atoms with Gasteiger partial charge in [0.25, 0.3) is 5.69 Å². The van der Waals surface area contributed by atoms with Crippen LogP contribution in [-0.4, -0.2) is 29.1 Å². The maximum absolute atomic E-state index is 12.2. The van der Waals surface area contributed by atoms with E-state index < -0.39 is 0 Å². The molecule has 0 bridgehead atoms. The number of carbonyl (C=O) groups excluding carboxylic acids is 1. The Morgan fingerprint density at radius 3 is 2.90 bits per heavy atom. The molecule has 1 saturated heterocycles. The number of hydrogen-bond donors (Lipinski definition) is 0. The molecule has 0 aliphatic carbocycles. The van der Waals surface area contributed by atoms with E-state index in [0.29, 0.717) is 18.7 Å². The molecule has 0 radical (unpaired) electrons. The van der Waals surface area contributed by atoms with Gasteiger partial charge in [-0.05, 0) is 25.7 Å². The maximum atomic E-state index is 12.2. The van der Waals surface area contributed by atoms with Gasteiger partial charge in [-0.25, -0.2) is 4.79 Å². The molecule has 1 aromatic carbocycles. The number of benzene rings is 1. The first-order valence-electron chi connectivity index (χ1n) is 7.32. The van der Waals surface area contributed by atoms with Crippen molar-refractivity contribution in [1.82, 2.24) is 4.90 Å². The number of likely N-dealkylation sites (tertiary alicyclic amines) is 1. The molecule has 114 valence electrons. The van der Waals surface area contributed by atoms with Crippen LogP contribution < -0.4 is 0 Å². The monoisotopic (exact) mass is 292 g/mol. The first-order chi connectivity index (χ1) is 10.1. The van der Waals surface area contributed by atoms with Crippen LogP contribution in [0.4, 0.5) is 10.5 Å². The van der Waals surface area contributed by atoms with Gasteiger partial charge < -0.3 is 9.64 Å². The summed E-state index contributed by atoms with van der Waals surface area (Å²) in [5.74, 6) is 0. The highest BCUT2D eigenvalue weighted by Crippen LogP contribution is 2.36. The molecule has 1 amide bonds. The number of amides is 1. The molecular weight excluding hydrogens is 272 g/mol. The van der Waals surface area contributed by atoms with Crippen molar-refractivity contribution in [2.75, 3.05) is 13.2 Å². The molecule has 0 aromatic heterocycles. The topological polar surface area (TPSA) is 72.7 Å². The Morgan fingerprint density at radius 2 is 2.19 bits per heavy atom. The summed E-state index contributed by atoms with van der Waals surface area (Å²) in [7, 11) is 0. The minimum absolute atomic E-state index is 0.0673. The van der Waals surface area contributed by atoms with Crippen molar-refractivity contribution in [3.63, 3.8) is 0 Å². The van der Waals surface area contributed by atoms with Gasteiger partial charge in [0, 0.05) is 12.6 Å². The molecule has 6 nitrogen and oxygen atoms in total. The average Bonchev–Trinajstić information content (AvgIpc) is 2.52. The lowest BCUT2D eigenvalue weighted by atomic mass is 9.94. The second kappa shape index (κ2) is 7.06. The van der Waals surface area contributed by atoms with Gasteiger partial charge in [-0.2, -0.15) is 0 Å². The minimum atomic E-state index is -0.389. The molecule has 2 rings (SSSR count). The summed E-state index contributed by atoms with van der Waals surface area (Å²) < 4.78 is 5.20. The predicted octanol–water partition coefficient (Wildman–Crippen LogP) is 3.67. The van der Waals surface area contributed by atoms with E-state index in [4.69, 9.17) is 4.74 Å². The van der Waals surface area contributed by atoms with Crippen LogP contribution in [0, 0.1) is 10.1 Å². The number of piperidine rings is 1. The molecule has 0 N–H and O–H groups in total. The quantitative estimate of drug-likeness (QED) is 0.627. The smallest absolute Gasteiger partial charge is 0.410 e. The molecule has 0 spiro atoms. The van der Waals surface area contributed by atoms with Gasteiger partial charge in [0.05, 0.1) is 23.1 Å². The Balaban J connectivity index is 2.26. The third kappa shape index (κ3) is 3.51. The van der Waals surface area contributed by atoms with E-state index in [1.165, 1.54) is 6.07 Å².